The third-order valence-electron chi connectivity index (χ3n) is 18.6. The number of hydrogen-bond acceptors (Lipinski definition) is 1. The lowest BCUT2D eigenvalue weighted by Gasteiger charge is -2.39. The van der Waals surface area contributed by atoms with Crippen LogP contribution in [0.1, 0.15) is 44.5 Å². The van der Waals surface area contributed by atoms with Crippen LogP contribution in [-0.2, 0) is 10.8 Å². The topological polar surface area (TPSA) is 8.17 Å². The summed E-state index contributed by atoms with van der Waals surface area (Å²) in [6, 6.07) is 110. The quantitative estimate of drug-likeness (QED) is 0.167. The number of aromatic nitrogens is 1. The molecule has 2 heteroatoms. The first-order chi connectivity index (χ1) is 39.7. The molecule has 18 rings (SSSR count). The molecule has 2 spiro atoms. The fourth-order valence-corrected chi connectivity index (χ4v) is 15.5. The minimum atomic E-state index is -0.529. The average Bonchev–Trinajstić information content (AvgIpc) is 3.70. The standard InChI is InChI=1S/C78H48N2/c1-2-20-55-50(18-1)19-15-26-56(55)51-40-45-54(46-41-51)79(74-37-17-33-69-75(74)63-25-6-11-31-67(63)77(69)64-28-8-3-21-57(64)58-22-4-9-29-65(58)77)53-43-38-49(39-44-53)52-42-47-60-59-23-5-10-30-66(59)78(71(60)48-52)68-32-12-14-36-73(68)80-72-35-13-7-24-61(72)62-27-16-34-70(78)76(62)80/h1-48H. The van der Waals surface area contributed by atoms with Gasteiger partial charge in [-0.3, -0.25) is 0 Å². The van der Waals surface area contributed by atoms with Crippen molar-refractivity contribution in [1.29, 1.82) is 0 Å². The van der Waals surface area contributed by atoms with Gasteiger partial charge >= 0.3 is 0 Å². The van der Waals surface area contributed by atoms with E-state index in [2.05, 4.69) is 301 Å². The molecular formula is C78H48N2. The van der Waals surface area contributed by atoms with Crippen molar-refractivity contribution in [3.05, 3.63) is 336 Å². The van der Waals surface area contributed by atoms with Crippen molar-refractivity contribution in [2.24, 2.45) is 0 Å². The molecule has 1 atom stereocenters. The molecule has 0 N–H and O–H groups in total. The smallest absolute Gasteiger partial charge is 0.0754 e. The van der Waals surface area contributed by atoms with E-state index in [1.54, 1.807) is 0 Å². The summed E-state index contributed by atoms with van der Waals surface area (Å²) in [4.78, 5) is 2.51. The third kappa shape index (κ3) is 5.52. The molecule has 0 amide bonds. The molecule has 0 saturated heterocycles. The molecule has 4 aliphatic rings. The minimum Gasteiger partial charge on any atom is -0.310 e. The Morgan fingerprint density at radius 2 is 0.738 bits per heavy atom. The zero-order valence-electron chi connectivity index (χ0n) is 43.6. The Bertz CT molecular complexity index is 4910. The average molecular weight is 1010 g/mol. The number of hydrogen-bond donors (Lipinski definition) is 0. The zero-order chi connectivity index (χ0) is 52.3. The Balaban J connectivity index is 0.829. The molecule has 80 heavy (non-hydrogen) atoms. The predicted molar refractivity (Wildman–Crippen MR) is 331 cm³/mol. The van der Waals surface area contributed by atoms with Crippen LogP contribution < -0.4 is 4.90 Å². The van der Waals surface area contributed by atoms with E-state index in [0.717, 1.165) is 17.1 Å². The molecule has 0 bridgehead atoms. The van der Waals surface area contributed by atoms with Crippen molar-refractivity contribution in [2.75, 3.05) is 4.90 Å². The molecular weight excluding hydrogens is 965 g/mol. The van der Waals surface area contributed by atoms with E-state index in [9.17, 15) is 0 Å². The van der Waals surface area contributed by atoms with Crippen LogP contribution >= 0.6 is 0 Å². The summed E-state index contributed by atoms with van der Waals surface area (Å²) in [5.74, 6) is 0. The van der Waals surface area contributed by atoms with Crippen molar-refractivity contribution in [3.63, 3.8) is 0 Å². The summed E-state index contributed by atoms with van der Waals surface area (Å²) in [5, 5.41) is 5.07. The summed E-state index contributed by atoms with van der Waals surface area (Å²) < 4.78 is 2.53. The lowest BCUT2D eigenvalue weighted by Crippen LogP contribution is -2.33. The summed E-state index contributed by atoms with van der Waals surface area (Å²) >= 11 is 0. The first-order valence-corrected chi connectivity index (χ1v) is 28.0. The Morgan fingerprint density at radius 3 is 1.45 bits per heavy atom. The maximum absolute atomic E-state index is 2.53. The normalized spacial score (nSPS) is 15.2. The van der Waals surface area contributed by atoms with Gasteiger partial charge in [-0.05, 0) is 154 Å². The summed E-state index contributed by atoms with van der Waals surface area (Å²) in [7, 11) is 0. The van der Waals surface area contributed by atoms with E-state index in [0.29, 0.717) is 0 Å². The van der Waals surface area contributed by atoms with Crippen LogP contribution in [0.3, 0.4) is 0 Å². The van der Waals surface area contributed by atoms with Gasteiger partial charge < -0.3 is 9.47 Å². The second-order valence-corrected chi connectivity index (χ2v) is 22.2. The number of nitrogens with zero attached hydrogens (tertiary/aromatic N) is 2. The van der Waals surface area contributed by atoms with Crippen molar-refractivity contribution < 1.29 is 0 Å². The van der Waals surface area contributed by atoms with Gasteiger partial charge in [-0.1, -0.05) is 243 Å². The monoisotopic (exact) mass is 1010 g/mol. The van der Waals surface area contributed by atoms with Crippen LogP contribution in [0, 0.1) is 0 Å². The molecule has 0 saturated carbocycles. The molecule has 3 aliphatic carbocycles. The molecule has 370 valence electrons. The van der Waals surface area contributed by atoms with Gasteiger partial charge in [-0.25, -0.2) is 0 Å². The van der Waals surface area contributed by atoms with Gasteiger partial charge in [0, 0.05) is 27.7 Å². The van der Waals surface area contributed by atoms with E-state index in [4.69, 9.17) is 0 Å². The molecule has 0 radical (unpaired) electrons. The van der Waals surface area contributed by atoms with E-state index in [1.807, 2.05) is 0 Å². The SMILES string of the molecule is c1ccc2c(c1)-c1ccccc1C21c2ccccc2-c2c(N(c3ccc(-c4ccc5c(c4)C4(c6ccccc6-5)c5ccccc5-n5c6ccccc6c6cccc4c65)cc3)c3ccc(-c4cccc5ccccc45)cc3)cccc21. The number of para-hydroxylation sites is 3. The zero-order valence-corrected chi connectivity index (χ0v) is 43.6. The molecule has 1 aliphatic heterocycles. The lowest BCUT2D eigenvalue weighted by molar-refractivity contribution is 0.749. The highest BCUT2D eigenvalue weighted by Crippen LogP contribution is 2.65. The van der Waals surface area contributed by atoms with Gasteiger partial charge in [0.05, 0.1) is 33.2 Å². The van der Waals surface area contributed by atoms with Gasteiger partial charge in [-0.15, -0.1) is 0 Å². The lowest BCUT2D eigenvalue weighted by atomic mass is 9.65. The predicted octanol–water partition coefficient (Wildman–Crippen LogP) is 19.8. The van der Waals surface area contributed by atoms with Gasteiger partial charge in [0.2, 0.25) is 0 Å². The fraction of sp³-hybridized carbons (Fsp3) is 0.0256. The van der Waals surface area contributed by atoms with Gasteiger partial charge in [-0.2, -0.15) is 0 Å². The van der Waals surface area contributed by atoms with Crippen molar-refractivity contribution >= 4 is 49.6 Å². The van der Waals surface area contributed by atoms with Crippen LogP contribution in [0.25, 0.3) is 93.9 Å². The molecule has 1 aromatic heterocycles. The second kappa shape index (κ2) is 16.1. The van der Waals surface area contributed by atoms with E-state index in [1.165, 1.54) is 138 Å². The van der Waals surface area contributed by atoms with Crippen molar-refractivity contribution in [3.8, 4) is 61.3 Å². The molecule has 14 aromatic rings. The van der Waals surface area contributed by atoms with Crippen LogP contribution in [0.5, 0.6) is 0 Å². The van der Waals surface area contributed by atoms with Crippen LogP contribution in [-0.4, -0.2) is 4.57 Å². The Hall–Kier alpha value is -10.3. The fourth-order valence-electron chi connectivity index (χ4n) is 15.5. The number of rotatable bonds is 5. The van der Waals surface area contributed by atoms with Gasteiger partial charge in [0.25, 0.3) is 0 Å². The van der Waals surface area contributed by atoms with Crippen molar-refractivity contribution in [2.45, 2.75) is 10.8 Å². The number of fused-ring (bicyclic) bond motifs is 23. The first-order valence-electron chi connectivity index (χ1n) is 28.0. The van der Waals surface area contributed by atoms with Gasteiger partial charge in [0.1, 0.15) is 0 Å². The maximum Gasteiger partial charge on any atom is 0.0754 e. The van der Waals surface area contributed by atoms with E-state index in [-0.39, 0.29) is 0 Å². The first kappa shape index (κ1) is 43.8. The van der Waals surface area contributed by atoms with Crippen LogP contribution in [0.2, 0.25) is 0 Å². The maximum atomic E-state index is 2.53. The second-order valence-electron chi connectivity index (χ2n) is 22.2. The van der Waals surface area contributed by atoms with Crippen LogP contribution in [0.15, 0.2) is 291 Å². The van der Waals surface area contributed by atoms with Gasteiger partial charge in [0.15, 0.2) is 0 Å². The van der Waals surface area contributed by atoms with E-state index < -0.39 is 10.8 Å². The summed E-state index contributed by atoms with van der Waals surface area (Å²) in [6.45, 7) is 0. The Labute approximate surface area is 464 Å². The summed E-state index contributed by atoms with van der Waals surface area (Å²) in [6.07, 6.45) is 0. The highest BCUT2D eigenvalue weighted by molar-refractivity contribution is 6.13. The highest BCUT2D eigenvalue weighted by Gasteiger charge is 2.53. The third-order valence-corrected chi connectivity index (χ3v) is 18.6. The molecule has 2 nitrogen and oxygen atoms in total. The van der Waals surface area contributed by atoms with E-state index >= 15 is 0 Å². The summed E-state index contributed by atoms with van der Waals surface area (Å²) in [5.41, 5.74) is 29.3. The number of benzene rings is 13. The Kier molecular flexibility index (Phi) is 8.83. The Morgan fingerprint density at radius 1 is 0.275 bits per heavy atom. The molecule has 2 heterocycles. The van der Waals surface area contributed by atoms with Crippen LogP contribution in [0.4, 0.5) is 17.1 Å². The number of anilines is 3. The highest BCUT2D eigenvalue weighted by atomic mass is 15.1. The van der Waals surface area contributed by atoms with Crippen molar-refractivity contribution in [1.82, 2.24) is 4.57 Å². The molecule has 0 fully saturated rings. The largest absolute Gasteiger partial charge is 0.310 e. The molecule has 13 aromatic carbocycles. The minimum absolute atomic E-state index is 0.464. The molecule has 1 unspecified atom stereocenters.